The van der Waals surface area contributed by atoms with E-state index < -0.39 is 0 Å². The lowest BCUT2D eigenvalue weighted by Gasteiger charge is -2.46. The van der Waals surface area contributed by atoms with Gasteiger partial charge in [0, 0.05) is 23.9 Å². The number of ether oxygens (including phenoxy) is 1. The molecule has 30 heavy (non-hydrogen) atoms. The molecule has 2 heteroatoms. The summed E-state index contributed by atoms with van der Waals surface area (Å²) in [4.78, 5) is 4.84. The summed E-state index contributed by atoms with van der Waals surface area (Å²) in [6, 6.07) is 22.1. The summed E-state index contributed by atoms with van der Waals surface area (Å²) in [6.45, 7) is 0.890. The van der Waals surface area contributed by atoms with Crippen molar-refractivity contribution in [3.63, 3.8) is 0 Å². The van der Waals surface area contributed by atoms with Crippen molar-refractivity contribution in [1.29, 1.82) is 0 Å². The van der Waals surface area contributed by atoms with E-state index in [-0.39, 0.29) is 11.0 Å². The van der Waals surface area contributed by atoms with Crippen molar-refractivity contribution in [2.24, 2.45) is 0 Å². The van der Waals surface area contributed by atoms with Gasteiger partial charge in [0.25, 0.3) is 0 Å². The van der Waals surface area contributed by atoms with Gasteiger partial charge in [-0.05, 0) is 73.4 Å². The predicted molar refractivity (Wildman–Crippen MR) is 124 cm³/mol. The molecule has 2 heterocycles. The zero-order chi connectivity index (χ0) is 20.3. The first-order valence-corrected chi connectivity index (χ1v) is 11.8. The van der Waals surface area contributed by atoms with Gasteiger partial charge in [-0.2, -0.15) is 0 Å². The standard InChI is InChI=1S/C28H33NO/c1-2-11-25-21-23(13-14-24(25)10-1)9-3-5-15-27(26-12-4-8-19-29-26)18-20-30-28(22-27)16-6-7-17-28/h1-2,4,8,10-14,19,21H,3,5-7,9,15-18,20,22H2/t27-/m1/s1. The molecule has 2 aliphatic rings. The number of unbranched alkanes of at least 4 members (excludes halogenated alkanes) is 1. The number of fused-ring (bicyclic) bond motifs is 1. The number of benzene rings is 2. The third kappa shape index (κ3) is 4.03. The minimum Gasteiger partial charge on any atom is -0.375 e. The zero-order valence-electron chi connectivity index (χ0n) is 18.0. The molecule has 1 aliphatic heterocycles. The van der Waals surface area contributed by atoms with Crippen LogP contribution in [0.1, 0.15) is 69.0 Å². The molecule has 5 rings (SSSR count). The van der Waals surface area contributed by atoms with E-state index in [0.717, 1.165) is 25.9 Å². The molecular weight excluding hydrogens is 366 g/mol. The number of rotatable bonds is 6. The minimum atomic E-state index is 0.119. The fourth-order valence-electron chi connectivity index (χ4n) is 5.98. The van der Waals surface area contributed by atoms with Gasteiger partial charge in [0.05, 0.1) is 5.60 Å². The Balaban J connectivity index is 1.28. The van der Waals surface area contributed by atoms with Crippen LogP contribution in [0.15, 0.2) is 66.9 Å². The highest BCUT2D eigenvalue weighted by Crippen LogP contribution is 2.50. The molecule has 0 amide bonds. The average Bonchev–Trinajstić information content (AvgIpc) is 3.24. The Morgan fingerprint density at radius 1 is 0.833 bits per heavy atom. The second-order valence-electron chi connectivity index (χ2n) is 9.55. The fourth-order valence-corrected chi connectivity index (χ4v) is 5.98. The third-order valence-electron chi connectivity index (χ3n) is 7.56. The van der Waals surface area contributed by atoms with E-state index in [0.29, 0.717) is 0 Å². The van der Waals surface area contributed by atoms with Gasteiger partial charge in [0.15, 0.2) is 0 Å². The smallest absolute Gasteiger partial charge is 0.0691 e. The summed E-state index contributed by atoms with van der Waals surface area (Å²) in [5, 5.41) is 2.69. The van der Waals surface area contributed by atoms with Crippen LogP contribution in [0.2, 0.25) is 0 Å². The highest BCUT2D eigenvalue weighted by atomic mass is 16.5. The third-order valence-corrected chi connectivity index (χ3v) is 7.56. The summed E-state index contributed by atoms with van der Waals surface area (Å²) in [5.74, 6) is 0. The van der Waals surface area contributed by atoms with Crippen LogP contribution in [0, 0.1) is 0 Å². The summed E-state index contributed by atoms with van der Waals surface area (Å²) >= 11 is 0. The Kier molecular flexibility index (Phi) is 5.60. The van der Waals surface area contributed by atoms with Gasteiger partial charge in [-0.25, -0.2) is 0 Å². The molecule has 2 fully saturated rings. The summed E-state index contributed by atoms with van der Waals surface area (Å²) < 4.78 is 6.39. The van der Waals surface area contributed by atoms with Crippen molar-refractivity contribution >= 4 is 10.8 Å². The maximum atomic E-state index is 6.39. The van der Waals surface area contributed by atoms with E-state index in [2.05, 4.69) is 54.6 Å². The highest BCUT2D eigenvalue weighted by Gasteiger charge is 2.48. The molecule has 0 N–H and O–H groups in total. The lowest BCUT2D eigenvalue weighted by atomic mass is 9.67. The van der Waals surface area contributed by atoms with Crippen LogP contribution in [-0.2, 0) is 16.6 Å². The van der Waals surface area contributed by atoms with Crippen LogP contribution in [0.3, 0.4) is 0 Å². The first-order chi connectivity index (χ1) is 14.8. The van der Waals surface area contributed by atoms with Gasteiger partial charge in [-0.3, -0.25) is 4.98 Å². The molecule has 1 saturated carbocycles. The van der Waals surface area contributed by atoms with Crippen LogP contribution in [0.25, 0.3) is 10.8 Å². The molecule has 1 aliphatic carbocycles. The first-order valence-electron chi connectivity index (χ1n) is 11.8. The molecule has 156 valence electrons. The van der Waals surface area contributed by atoms with Gasteiger partial charge >= 0.3 is 0 Å². The van der Waals surface area contributed by atoms with E-state index in [1.165, 1.54) is 67.0 Å². The molecule has 1 aromatic heterocycles. The number of aryl methyl sites for hydroxylation is 1. The van der Waals surface area contributed by atoms with Crippen molar-refractivity contribution in [3.8, 4) is 0 Å². The SMILES string of the molecule is c1ccc([C@]2(CCCCc3ccc4ccccc4c3)CCOC3(CCCC3)C2)nc1. The quantitative estimate of drug-likeness (QED) is 0.416. The van der Waals surface area contributed by atoms with Crippen LogP contribution in [0.4, 0.5) is 0 Å². The molecule has 0 radical (unpaired) electrons. The van der Waals surface area contributed by atoms with Crippen molar-refractivity contribution in [3.05, 3.63) is 78.1 Å². The minimum absolute atomic E-state index is 0.119. The molecular formula is C28H33NO. The number of hydrogen-bond donors (Lipinski definition) is 0. The molecule has 1 atom stereocenters. The van der Waals surface area contributed by atoms with Crippen LogP contribution >= 0.6 is 0 Å². The monoisotopic (exact) mass is 399 g/mol. The van der Waals surface area contributed by atoms with Crippen molar-refractivity contribution < 1.29 is 4.74 Å². The topological polar surface area (TPSA) is 22.1 Å². The van der Waals surface area contributed by atoms with Crippen molar-refractivity contribution in [1.82, 2.24) is 4.98 Å². The van der Waals surface area contributed by atoms with Gasteiger partial charge in [0.2, 0.25) is 0 Å². The molecule has 0 bridgehead atoms. The maximum Gasteiger partial charge on any atom is 0.0691 e. The first kappa shape index (κ1) is 19.8. The van der Waals surface area contributed by atoms with Gasteiger partial charge in [0.1, 0.15) is 0 Å². The summed E-state index contributed by atoms with van der Waals surface area (Å²) in [5.41, 5.74) is 3.06. The summed E-state index contributed by atoms with van der Waals surface area (Å²) in [6.07, 6.45) is 14.2. The Labute approximate surface area is 180 Å². The molecule has 3 aromatic rings. The Morgan fingerprint density at radius 2 is 1.67 bits per heavy atom. The van der Waals surface area contributed by atoms with E-state index in [1.54, 1.807) is 0 Å². The average molecular weight is 400 g/mol. The maximum absolute atomic E-state index is 6.39. The van der Waals surface area contributed by atoms with Crippen LogP contribution in [0.5, 0.6) is 0 Å². The summed E-state index contributed by atoms with van der Waals surface area (Å²) in [7, 11) is 0. The second kappa shape index (κ2) is 8.51. The number of nitrogens with zero attached hydrogens (tertiary/aromatic N) is 1. The number of pyridine rings is 1. The molecule has 1 saturated heterocycles. The number of hydrogen-bond acceptors (Lipinski definition) is 2. The zero-order valence-corrected chi connectivity index (χ0v) is 18.0. The normalized spacial score (nSPS) is 23.2. The van der Waals surface area contributed by atoms with Crippen LogP contribution < -0.4 is 0 Å². The fraction of sp³-hybridized carbons (Fsp3) is 0.464. The Morgan fingerprint density at radius 3 is 2.50 bits per heavy atom. The van der Waals surface area contributed by atoms with Gasteiger partial charge < -0.3 is 4.74 Å². The predicted octanol–water partition coefficient (Wildman–Crippen LogP) is 7.01. The Hall–Kier alpha value is -2.19. The van der Waals surface area contributed by atoms with Gasteiger partial charge in [-0.1, -0.05) is 67.8 Å². The largest absolute Gasteiger partial charge is 0.375 e. The Bertz CT molecular complexity index is 976. The molecule has 2 nitrogen and oxygen atoms in total. The van der Waals surface area contributed by atoms with E-state index >= 15 is 0 Å². The lowest BCUT2D eigenvalue weighted by Crippen LogP contribution is -2.46. The van der Waals surface area contributed by atoms with E-state index in [9.17, 15) is 0 Å². The van der Waals surface area contributed by atoms with Crippen LogP contribution in [-0.4, -0.2) is 17.2 Å². The van der Waals surface area contributed by atoms with E-state index in [1.807, 2.05) is 12.3 Å². The highest BCUT2D eigenvalue weighted by molar-refractivity contribution is 5.82. The molecule has 1 spiro atoms. The van der Waals surface area contributed by atoms with Crippen molar-refractivity contribution in [2.45, 2.75) is 75.2 Å². The molecule has 2 aromatic carbocycles. The lowest BCUT2D eigenvalue weighted by molar-refractivity contribution is -0.104. The second-order valence-corrected chi connectivity index (χ2v) is 9.55. The van der Waals surface area contributed by atoms with E-state index in [4.69, 9.17) is 9.72 Å². The molecule has 0 unspecified atom stereocenters. The number of aromatic nitrogens is 1. The van der Waals surface area contributed by atoms with Gasteiger partial charge in [-0.15, -0.1) is 0 Å². The van der Waals surface area contributed by atoms with Crippen molar-refractivity contribution in [2.75, 3.05) is 6.61 Å².